The van der Waals surface area contributed by atoms with E-state index in [4.69, 9.17) is 28.4 Å². The van der Waals surface area contributed by atoms with E-state index in [9.17, 15) is 5.11 Å². The van der Waals surface area contributed by atoms with Crippen molar-refractivity contribution < 1.29 is 33.5 Å². The van der Waals surface area contributed by atoms with Gasteiger partial charge in [-0.15, -0.1) is 0 Å². The topological polar surface area (TPSA) is 82.2 Å². The maximum absolute atomic E-state index is 10.4. The molecule has 7 nitrogen and oxygen atoms in total. The lowest BCUT2D eigenvalue weighted by molar-refractivity contribution is -0.0963. The molecule has 7 heteroatoms. The van der Waals surface area contributed by atoms with Crippen LogP contribution in [-0.2, 0) is 28.4 Å². The first-order valence-corrected chi connectivity index (χ1v) is 12.1. The van der Waals surface area contributed by atoms with Crippen LogP contribution in [0.1, 0.15) is 38.5 Å². The quantitative estimate of drug-likeness (QED) is 0.476. The molecule has 0 radical (unpaired) electrons. The second-order valence-electron chi connectivity index (χ2n) is 10.5. The number of fused-ring (bicyclic) bond motifs is 4. The molecule has 4 aliphatic carbocycles. The van der Waals surface area contributed by atoms with Gasteiger partial charge in [-0.25, -0.2) is 0 Å². The van der Waals surface area contributed by atoms with Crippen LogP contribution in [0.15, 0.2) is 0 Å². The van der Waals surface area contributed by atoms with E-state index >= 15 is 0 Å². The molecule has 2 aliphatic heterocycles. The Morgan fingerprint density at radius 1 is 0.600 bits per heavy atom. The SMILES string of the molecule is OC(COC1CC2CC1CC2OCC1CO1)COC1CC2CC1CC2OCC1CO1. The molecular formula is C23H36O7. The number of hydrogen-bond acceptors (Lipinski definition) is 7. The van der Waals surface area contributed by atoms with Crippen LogP contribution in [0.3, 0.4) is 0 Å². The van der Waals surface area contributed by atoms with Gasteiger partial charge in [-0.3, -0.25) is 0 Å². The third-order valence-corrected chi connectivity index (χ3v) is 8.26. The molecule has 6 aliphatic rings. The predicted molar refractivity (Wildman–Crippen MR) is 106 cm³/mol. The molecule has 0 aromatic carbocycles. The van der Waals surface area contributed by atoms with Crippen LogP contribution in [0.4, 0.5) is 0 Å². The van der Waals surface area contributed by atoms with E-state index in [-0.39, 0.29) is 12.2 Å². The summed E-state index contributed by atoms with van der Waals surface area (Å²) in [5.74, 6) is 2.39. The van der Waals surface area contributed by atoms with Gasteiger partial charge in [0.05, 0.1) is 64.1 Å². The zero-order valence-corrected chi connectivity index (χ0v) is 17.7. The Morgan fingerprint density at radius 2 is 0.967 bits per heavy atom. The average Bonchev–Trinajstić information content (AvgIpc) is 3.61. The summed E-state index contributed by atoms with van der Waals surface area (Å²) < 4.78 is 34.7. The highest BCUT2D eigenvalue weighted by molar-refractivity contribution is 4.98. The van der Waals surface area contributed by atoms with Gasteiger partial charge in [0.15, 0.2) is 0 Å². The standard InChI is InChI=1S/C23H36O7/c24-17(7-27-20-3-15-1-13(20)5-22(15)29-11-18-9-25-18)8-28-21-4-16-2-14(21)6-23(16)30-12-19-10-26-19/h13-24H,1-12H2. The lowest BCUT2D eigenvalue weighted by Gasteiger charge is -2.30. The lowest BCUT2D eigenvalue weighted by Crippen LogP contribution is -2.35. The fraction of sp³-hybridized carbons (Fsp3) is 1.00. The van der Waals surface area contributed by atoms with Crippen LogP contribution >= 0.6 is 0 Å². The van der Waals surface area contributed by atoms with E-state index in [2.05, 4.69) is 0 Å². The molecule has 4 bridgehead atoms. The molecule has 10 unspecified atom stereocenters. The summed E-state index contributed by atoms with van der Waals surface area (Å²) in [7, 11) is 0. The van der Waals surface area contributed by atoms with Crippen LogP contribution in [0.2, 0.25) is 0 Å². The van der Waals surface area contributed by atoms with Gasteiger partial charge >= 0.3 is 0 Å². The fourth-order valence-corrected chi connectivity index (χ4v) is 6.46. The van der Waals surface area contributed by atoms with Crippen LogP contribution in [0.25, 0.3) is 0 Å². The van der Waals surface area contributed by atoms with Crippen molar-refractivity contribution in [2.45, 2.75) is 81.3 Å². The zero-order chi connectivity index (χ0) is 20.1. The highest BCUT2D eigenvalue weighted by Crippen LogP contribution is 2.48. The van der Waals surface area contributed by atoms with Crippen molar-refractivity contribution in [3.63, 3.8) is 0 Å². The molecule has 0 amide bonds. The second-order valence-corrected chi connectivity index (χ2v) is 10.5. The molecule has 4 saturated carbocycles. The molecule has 170 valence electrons. The van der Waals surface area contributed by atoms with Gasteiger partial charge in [0.1, 0.15) is 18.3 Å². The lowest BCUT2D eigenvalue weighted by atomic mass is 9.95. The van der Waals surface area contributed by atoms with Gasteiger partial charge in [-0.05, 0) is 62.2 Å². The monoisotopic (exact) mass is 424 g/mol. The van der Waals surface area contributed by atoms with Gasteiger partial charge in [-0.1, -0.05) is 0 Å². The Hall–Kier alpha value is -0.280. The molecule has 1 N–H and O–H groups in total. The largest absolute Gasteiger partial charge is 0.388 e. The van der Waals surface area contributed by atoms with Crippen molar-refractivity contribution >= 4 is 0 Å². The number of aliphatic hydroxyl groups is 1. The number of aliphatic hydroxyl groups excluding tert-OH is 1. The minimum atomic E-state index is -0.540. The first-order chi connectivity index (χ1) is 14.7. The summed E-state index contributed by atoms with van der Waals surface area (Å²) in [6.45, 7) is 3.98. The third-order valence-electron chi connectivity index (χ3n) is 8.26. The molecule has 6 rings (SSSR count). The van der Waals surface area contributed by atoms with E-state index in [1.165, 1.54) is 12.8 Å². The van der Waals surface area contributed by atoms with Crippen molar-refractivity contribution in [2.24, 2.45) is 23.7 Å². The minimum Gasteiger partial charge on any atom is -0.388 e. The van der Waals surface area contributed by atoms with Gasteiger partial charge in [0.2, 0.25) is 0 Å². The molecule has 0 aromatic rings. The van der Waals surface area contributed by atoms with Crippen molar-refractivity contribution in [2.75, 3.05) is 39.6 Å². The van der Waals surface area contributed by atoms with Gasteiger partial charge < -0.3 is 33.5 Å². The Morgan fingerprint density at radius 3 is 1.30 bits per heavy atom. The molecule has 2 heterocycles. The van der Waals surface area contributed by atoms with Crippen molar-refractivity contribution in [3.05, 3.63) is 0 Å². The average molecular weight is 425 g/mol. The van der Waals surface area contributed by atoms with Crippen LogP contribution in [-0.4, -0.2) is 87.5 Å². The normalized spacial score (nSPS) is 49.1. The van der Waals surface area contributed by atoms with E-state index in [0.29, 0.717) is 61.3 Å². The molecule has 0 aromatic heterocycles. The van der Waals surface area contributed by atoms with E-state index in [1.807, 2.05) is 0 Å². The van der Waals surface area contributed by atoms with Gasteiger partial charge in [0, 0.05) is 0 Å². The van der Waals surface area contributed by atoms with E-state index in [1.54, 1.807) is 0 Å². The maximum atomic E-state index is 10.4. The Kier molecular flexibility index (Phi) is 5.81. The van der Waals surface area contributed by atoms with Crippen molar-refractivity contribution in [1.29, 1.82) is 0 Å². The number of ether oxygens (including phenoxy) is 6. The molecule has 0 spiro atoms. The predicted octanol–water partition coefficient (Wildman–Crippen LogP) is 1.55. The number of hydrogen-bond donors (Lipinski definition) is 1. The highest BCUT2D eigenvalue weighted by Gasteiger charge is 2.49. The summed E-state index contributed by atoms with van der Waals surface area (Å²) in [4.78, 5) is 0. The minimum absolute atomic E-state index is 0.275. The Balaban J connectivity index is 0.860. The van der Waals surface area contributed by atoms with Crippen molar-refractivity contribution in [1.82, 2.24) is 0 Å². The fourth-order valence-electron chi connectivity index (χ4n) is 6.46. The molecule has 10 atom stereocenters. The van der Waals surface area contributed by atoms with Crippen LogP contribution in [0, 0.1) is 23.7 Å². The second kappa shape index (κ2) is 8.58. The molecule has 6 fully saturated rings. The van der Waals surface area contributed by atoms with E-state index < -0.39 is 6.10 Å². The summed E-state index contributed by atoms with van der Waals surface area (Å²) in [5, 5.41) is 10.4. The Bertz CT molecular complexity index is 544. The highest BCUT2D eigenvalue weighted by atomic mass is 16.6. The smallest absolute Gasteiger partial charge is 0.104 e. The third kappa shape index (κ3) is 4.58. The summed E-state index contributed by atoms with van der Waals surface area (Å²) >= 11 is 0. The van der Waals surface area contributed by atoms with Gasteiger partial charge in [0.25, 0.3) is 0 Å². The summed E-state index contributed by atoms with van der Waals surface area (Å²) in [6, 6.07) is 0. The first-order valence-electron chi connectivity index (χ1n) is 12.1. The van der Waals surface area contributed by atoms with E-state index in [0.717, 1.165) is 52.1 Å². The van der Waals surface area contributed by atoms with Crippen LogP contribution in [0.5, 0.6) is 0 Å². The number of epoxide rings is 2. The first kappa shape index (κ1) is 20.3. The Labute approximate surface area is 178 Å². The maximum Gasteiger partial charge on any atom is 0.104 e. The zero-order valence-electron chi connectivity index (χ0n) is 17.7. The molecular weight excluding hydrogens is 388 g/mol. The molecule has 30 heavy (non-hydrogen) atoms. The number of rotatable bonds is 12. The van der Waals surface area contributed by atoms with Crippen molar-refractivity contribution in [3.8, 4) is 0 Å². The van der Waals surface area contributed by atoms with Gasteiger partial charge in [-0.2, -0.15) is 0 Å². The summed E-state index contributed by atoms with van der Waals surface area (Å²) in [6.07, 6.45) is 8.19. The van der Waals surface area contributed by atoms with Crippen LogP contribution < -0.4 is 0 Å². The molecule has 2 saturated heterocycles. The summed E-state index contributed by atoms with van der Waals surface area (Å²) in [5.41, 5.74) is 0.